The summed E-state index contributed by atoms with van der Waals surface area (Å²) in [6.07, 6.45) is -0.371. The van der Waals surface area contributed by atoms with Crippen molar-refractivity contribution in [1.29, 1.82) is 0 Å². The molecule has 0 aliphatic carbocycles. The molecule has 0 fully saturated rings. The Morgan fingerprint density at radius 1 is 1.42 bits per heavy atom. The third-order valence-corrected chi connectivity index (χ3v) is 2.52. The number of aryl methyl sites for hydroxylation is 1. The smallest absolute Gasteiger partial charge is 0.341 e. The number of nitrogens with zero attached hydrogens (tertiary/aromatic N) is 2. The number of esters is 1. The largest absolute Gasteiger partial charge is 0.462 e. The fourth-order valence-corrected chi connectivity index (χ4v) is 1.50. The molecule has 4 nitrogen and oxygen atoms in total. The fraction of sp³-hybridized carbons (Fsp3) is 0.615. The van der Waals surface area contributed by atoms with Crippen molar-refractivity contribution in [2.24, 2.45) is 5.92 Å². The van der Waals surface area contributed by atoms with E-state index in [1.165, 1.54) is 0 Å². The summed E-state index contributed by atoms with van der Waals surface area (Å²) in [6.45, 7) is 5.79. The van der Waals surface area contributed by atoms with E-state index in [4.69, 9.17) is 4.74 Å². The molecule has 0 aliphatic heterocycles. The van der Waals surface area contributed by atoms with Crippen LogP contribution in [0.3, 0.4) is 0 Å². The zero-order chi connectivity index (χ0) is 14.4. The minimum absolute atomic E-state index is 0.122. The Morgan fingerprint density at radius 3 is 2.63 bits per heavy atom. The zero-order valence-electron chi connectivity index (χ0n) is 11.3. The lowest BCUT2D eigenvalue weighted by Gasteiger charge is -2.09. The number of rotatable bonds is 6. The molecule has 0 saturated heterocycles. The number of hydrogen-bond acceptors (Lipinski definition) is 4. The van der Waals surface area contributed by atoms with Gasteiger partial charge in [-0.2, -0.15) is 0 Å². The Labute approximate surface area is 111 Å². The van der Waals surface area contributed by atoms with Crippen LogP contribution in [-0.4, -0.2) is 22.5 Å². The van der Waals surface area contributed by atoms with Crippen LogP contribution in [-0.2, 0) is 11.2 Å². The maximum absolute atomic E-state index is 12.9. The van der Waals surface area contributed by atoms with Gasteiger partial charge >= 0.3 is 5.97 Å². The van der Waals surface area contributed by atoms with E-state index in [9.17, 15) is 13.6 Å². The minimum atomic E-state index is -2.82. The van der Waals surface area contributed by atoms with E-state index >= 15 is 0 Å². The molecule has 6 heteroatoms. The summed E-state index contributed by atoms with van der Waals surface area (Å²) in [5.74, 6) is -0.0476. The first-order valence-corrected chi connectivity index (χ1v) is 6.26. The Kier molecular flexibility index (Phi) is 5.79. The van der Waals surface area contributed by atoms with Crippen molar-refractivity contribution >= 4 is 5.97 Å². The summed E-state index contributed by atoms with van der Waals surface area (Å²) in [4.78, 5) is 19.2. The molecule has 106 valence electrons. The van der Waals surface area contributed by atoms with Gasteiger partial charge in [-0.1, -0.05) is 13.8 Å². The number of hydrogen-bond donors (Lipinski definition) is 0. The van der Waals surface area contributed by atoms with Gasteiger partial charge in [0.15, 0.2) is 0 Å². The van der Waals surface area contributed by atoms with Crippen LogP contribution in [0, 0.1) is 5.92 Å². The zero-order valence-corrected chi connectivity index (χ0v) is 11.3. The summed E-state index contributed by atoms with van der Waals surface area (Å²) < 4.78 is 30.5. The van der Waals surface area contributed by atoms with Crippen molar-refractivity contribution < 1.29 is 18.3 Å². The molecule has 0 bridgehead atoms. The molecule has 0 aromatic carbocycles. The number of alkyl halides is 2. The molecule has 1 heterocycles. The Hall–Kier alpha value is -1.59. The van der Waals surface area contributed by atoms with E-state index in [1.54, 1.807) is 6.92 Å². The maximum Gasteiger partial charge on any atom is 0.341 e. The van der Waals surface area contributed by atoms with Gasteiger partial charge in [-0.05, 0) is 19.3 Å². The van der Waals surface area contributed by atoms with Gasteiger partial charge in [0.25, 0.3) is 6.43 Å². The van der Waals surface area contributed by atoms with Crippen LogP contribution in [0.2, 0.25) is 0 Å². The number of halogens is 2. The second kappa shape index (κ2) is 7.11. The normalized spacial score (nSPS) is 11.1. The molecule has 0 radical (unpaired) electrons. The van der Waals surface area contributed by atoms with Crippen LogP contribution >= 0.6 is 0 Å². The minimum Gasteiger partial charge on any atom is -0.462 e. The summed E-state index contributed by atoms with van der Waals surface area (Å²) >= 11 is 0. The van der Waals surface area contributed by atoms with Crippen LogP contribution in [0.25, 0.3) is 0 Å². The van der Waals surface area contributed by atoms with Crippen molar-refractivity contribution in [3.63, 3.8) is 0 Å². The van der Waals surface area contributed by atoms with Crippen LogP contribution in [0.15, 0.2) is 6.20 Å². The molecule has 0 amide bonds. The SMILES string of the molecule is CCOC(=O)c1cnc(CCC(C)C)nc1C(F)F. The molecule has 0 unspecified atom stereocenters. The van der Waals surface area contributed by atoms with E-state index in [1.807, 2.05) is 13.8 Å². The van der Waals surface area contributed by atoms with Gasteiger partial charge < -0.3 is 4.74 Å². The molecule has 1 rings (SSSR count). The highest BCUT2D eigenvalue weighted by atomic mass is 19.3. The van der Waals surface area contributed by atoms with Gasteiger partial charge in [0.1, 0.15) is 17.1 Å². The third kappa shape index (κ3) is 4.54. The van der Waals surface area contributed by atoms with Crippen molar-refractivity contribution in [3.8, 4) is 0 Å². The first kappa shape index (κ1) is 15.5. The number of carbonyl (C=O) groups excluding carboxylic acids is 1. The van der Waals surface area contributed by atoms with E-state index in [-0.39, 0.29) is 12.2 Å². The quantitative estimate of drug-likeness (QED) is 0.746. The molecule has 0 saturated carbocycles. The summed E-state index contributed by atoms with van der Waals surface area (Å²) in [7, 11) is 0. The van der Waals surface area contributed by atoms with Crippen LogP contribution in [0.4, 0.5) is 8.78 Å². The Morgan fingerprint density at radius 2 is 2.11 bits per heavy atom. The van der Waals surface area contributed by atoms with Crippen LogP contribution < -0.4 is 0 Å². The molecular weight excluding hydrogens is 254 g/mol. The predicted octanol–water partition coefficient (Wildman–Crippen LogP) is 3.18. The predicted molar refractivity (Wildman–Crippen MR) is 66.1 cm³/mol. The standard InChI is InChI=1S/C13H18F2N2O2/c1-4-19-13(18)9-7-16-10(6-5-8(2)3)17-11(9)12(14)15/h7-8,12H,4-6H2,1-3H3. The van der Waals surface area contributed by atoms with Crippen molar-refractivity contribution in [2.75, 3.05) is 6.61 Å². The third-order valence-electron chi connectivity index (χ3n) is 2.52. The second-order valence-electron chi connectivity index (χ2n) is 4.54. The first-order valence-electron chi connectivity index (χ1n) is 6.26. The molecule has 1 aromatic rings. The van der Waals surface area contributed by atoms with Gasteiger partial charge in [-0.25, -0.2) is 23.5 Å². The average Bonchev–Trinajstić information content (AvgIpc) is 2.36. The second-order valence-corrected chi connectivity index (χ2v) is 4.54. The highest BCUT2D eigenvalue weighted by molar-refractivity contribution is 5.90. The van der Waals surface area contributed by atoms with Crippen LogP contribution in [0.1, 0.15) is 55.5 Å². The summed E-state index contributed by atoms with van der Waals surface area (Å²) in [6, 6.07) is 0. The molecule has 0 aliphatic rings. The van der Waals surface area contributed by atoms with Gasteiger partial charge in [0, 0.05) is 12.6 Å². The molecule has 0 spiro atoms. The van der Waals surface area contributed by atoms with E-state index in [0.29, 0.717) is 18.2 Å². The Bertz CT molecular complexity index is 437. The molecule has 0 N–H and O–H groups in total. The van der Waals surface area contributed by atoms with Crippen LogP contribution in [0.5, 0.6) is 0 Å². The van der Waals surface area contributed by atoms with Gasteiger partial charge in [-0.15, -0.1) is 0 Å². The first-order chi connectivity index (χ1) is 8.95. The number of ether oxygens (including phenoxy) is 1. The van der Waals surface area contributed by atoms with Crippen molar-refractivity contribution in [3.05, 3.63) is 23.3 Å². The molecule has 1 aromatic heterocycles. The lowest BCUT2D eigenvalue weighted by atomic mass is 10.1. The fourth-order valence-electron chi connectivity index (χ4n) is 1.50. The van der Waals surface area contributed by atoms with E-state index < -0.39 is 18.1 Å². The summed E-state index contributed by atoms with van der Waals surface area (Å²) in [5.41, 5.74) is -0.808. The van der Waals surface area contributed by atoms with Gasteiger partial charge in [0.2, 0.25) is 0 Å². The van der Waals surface area contributed by atoms with Crippen molar-refractivity contribution in [2.45, 2.75) is 40.0 Å². The molecular formula is C13H18F2N2O2. The highest BCUT2D eigenvalue weighted by Gasteiger charge is 2.22. The topological polar surface area (TPSA) is 52.1 Å². The lowest BCUT2D eigenvalue weighted by Crippen LogP contribution is -2.13. The van der Waals surface area contributed by atoms with E-state index in [0.717, 1.165) is 12.6 Å². The maximum atomic E-state index is 12.9. The van der Waals surface area contributed by atoms with E-state index in [2.05, 4.69) is 9.97 Å². The van der Waals surface area contributed by atoms with Gasteiger partial charge in [-0.3, -0.25) is 0 Å². The number of aromatic nitrogens is 2. The summed E-state index contributed by atoms with van der Waals surface area (Å²) in [5, 5.41) is 0. The lowest BCUT2D eigenvalue weighted by molar-refractivity contribution is 0.0512. The number of carbonyl (C=O) groups is 1. The Balaban J connectivity index is 2.97. The van der Waals surface area contributed by atoms with Gasteiger partial charge in [0.05, 0.1) is 6.61 Å². The monoisotopic (exact) mass is 272 g/mol. The average molecular weight is 272 g/mol. The van der Waals surface area contributed by atoms with Crippen molar-refractivity contribution in [1.82, 2.24) is 9.97 Å². The highest BCUT2D eigenvalue weighted by Crippen LogP contribution is 2.21. The molecule has 0 atom stereocenters. The molecule has 19 heavy (non-hydrogen) atoms.